The second-order valence-corrected chi connectivity index (χ2v) is 6.95. The Morgan fingerprint density at radius 3 is 2.39 bits per heavy atom. The molecule has 28 heavy (non-hydrogen) atoms. The molecule has 2 aromatic rings. The molecule has 0 heterocycles. The van der Waals surface area contributed by atoms with Gasteiger partial charge in [0.15, 0.2) is 0 Å². The number of hydrogen-bond acceptors (Lipinski definition) is 2. The molecule has 0 aliphatic carbocycles. The van der Waals surface area contributed by atoms with Gasteiger partial charge in [-0.3, -0.25) is 4.79 Å². The molecule has 0 aliphatic heterocycles. The molecule has 5 nitrogen and oxygen atoms in total. The summed E-state index contributed by atoms with van der Waals surface area (Å²) in [6.45, 7) is 4.02. The average molecular weight is 406 g/mol. The Balaban J connectivity index is 1.91. The predicted octanol–water partition coefficient (Wildman–Crippen LogP) is 4.32. The Morgan fingerprint density at radius 2 is 1.75 bits per heavy atom. The molecule has 0 bridgehead atoms. The van der Waals surface area contributed by atoms with Gasteiger partial charge in [0.2, 0.25) is 5.91 Å². The molecular weight excluding hydrogens is 381 g/mol. The van der Waals surface area contributed by atoms with Crippen LogP contribution in [0, 0.1) is 5.82 Å². The standard InChI is InChI=1S/C21H25ClFN3O2/c1-3-6-19(20(27)25-14(2)17-7-4-5-8-18(17)22)26-21(28)24-13-15-9-11-16(23)12-10-15/h4-5,7-12,14,19H,3,6,13H2,1-2H3,(H,25,27)(H2,24,26,28)/t14-,19-/m1/s1. The fraction of sp³-hybridized carbons (Fsp3) is 0.333. The van der Waals surface area contributed by atoms with E-state index in [1.807, 2.05) is 32.0 Å². The fourth-order valence-electron chi connectivity index (χ4n) is 2.77. The van der Waals surface area contributed by atoms with Crippen molar-refractivity contribution < 1.29 is 14.0 Å². The van der Waals surface area contributed by atoms with Crippen molar-refractivity contribution in [2.75, 3.05) is 0 Å². The van der Waals surface area contributed by atoms with Crippen molar-refractivity contribution in [3.8, 4) is 0 Å². The van der Waals surface area contributed by atoms with Crippen LogP contribution in [-0.2, 0) is 11.3 Å². The van der Waals surface area contributed by atoms with Gasteiger partial charge in [0.05, 0.1) is 6.04 Å². The van der Waals surface area contributed by atoms with Gasteiger partial charge in [0.25, 0.3) is 0 Å². The van der Waals surface area contributed by atoms with Crippen LogP contribution in [0.1, 0.15) is 43.9 Å². The smallest absolute Gasteiger partial charge is 0.315 e. The molecule has 2 rings (SSSR count). The molecule has 150 valence electrons. The van der Waals surface area contributed by atoms with E-state index in [4.69, 9.17) is 11.6 Å². The first kappa shape index (κ1) is 21.7. The zero-order chi connectivity index (χ0) is 20.5. The first-order valence-electron chi connectivity index (χ1n) is 9.24. The summed E-state index contributed by atoms with van der Waals surface area (Å²) in [5, 5.41) is 8.86. The highest BCUT2D eigenvalue weighted by Gasteiger charge is 2.22. The van der Waals surface area contributed by atoms with Crippen molar-refractivity contribution in [1.82, 2.24) is 16.0 Å². The van der Waals surface area contributed by atoms with E-state index in [0.717, 1.165) is 17.5 Å². The molecule has 0 radical (unpaired) electrons. The van der Waals surface area contributed by atoms with Gasteiger partial charge in [-0.05, 0) is 42.7 Å². The molecule has 0 saturated heterocycles. The number of rotatable bonds is 8. The van der Waals surface area contributed by atoms with E-state index >= 15 is 0 Å². The molecule has 2 atom stereocenters. The second kappa shape index (κ2) is 10.7. The fourth-order valence-corrected chi connectivity index (χ4v) is 3.07. The molecule has 0 aromatic heterocycles. The van der Waals surface area contributed by atoms with Crippen LogP contribution in [0.3, 0.4) is 0 Å². The number of carbonyl (C=O) groups is 2. The van der Waals surface area contributed by atoms with E-state index < -0.39 is 12.1 Å². The molecule has 0 aliphatic rings. The third kappa shape index (κ3) is 6.53. The summed E-state index contributed by atoms with van der Waals surface area (Å²) in [4.78, 5) is 24.8. The summed E-state index contributed by atoms with van der Waals surface area (Å²) in [6.07, 6.45) is 1.24. The lowest BCUT2D eigenvalue weighted by Gasteiger charge is -2.22. The van der Waals surface area contributed by atoms with E-state index in [1.54, 1.807) is 18.2 Å². The lowest BCUT2D eigenvalue weighted by Crippen LogP contribution is -2.50. The summed E-state index contributed by atoms with van der Waals surface area (Å²) >= 11 is 6.18. The maximum Gasteiger partial charge on any atom is 0.315 e. The van der Waals surface area contributed by atoms with Crippen molar-refractivity contribution in [1.29, 1.82) is 0 Å². The third-order valence-electron chi connectivity index (χ3n) is 4.30. The van der Waals surface area contributed by atoms with Crippen LogP contribution in [0.4, 0.5) is 9.18 Å². The number of nitrogens with one attached hydrogen (secondary N) is 3. The van der Waals surface area contributed by atoms with Crippen molar-refractivity contribution in [2.24, 2.45) is 0 Å². The monoisotopic (exact) mass is 405 g/mol. The van der Waals surface area contributed by atoms with Gasteiger partial charge < -0.3 is 16.0 Å². The average Bonchev–Trinajstić information content (AvgIpc) is 2.67. The molecule has 0 saturated carbocycles. The zero-order valence-electron chi connectivity index (χ0n) is 16.0. The third-order valence-corrected chi connectivity index (χ3v) is 4.64. The van der Waals surface area contributed by atoms with Crippen LogP contribution in [0.25, 0.3) is 0 Å². The highest BCUT2D eigenvalue weighted by atomic mass is 35.5. The molecular formula is C21H25ClFN3O2. The minimum atomic E-state index is -0.664. The van der Waals surface area contributed by atoms with E-state index in [2.05, 4.69) is 16.0 Å². The number of benzene rings is 2. The number of hydrogen-bond donors (Lipinski definition) is 3. The molecule has 3 N–H and O–H groups in total. The molecule has 2 aromatic carbocycles. The number of halogens is 2. The Hall–Kier alpha value is -2.60. The highest BCUT2D eigenvalue weighted by molar-refractivity contribution is 6.31. The van der Waals surface area contributed by atoms with Gasteiger partial charge in [-0.25, -0.2) is 9.18 Å². The summed E-state index contributed by atoms with van der Waals surface area (Å²) in [5.41, 5.74) is 1.58. The summed E-state index contributed by atoms with van der Waals surface area (Å²) in [6, 6.07) is 11.7. The zero-order valence-corrected chi connectivity index (χ0v) is 16.7. The summed E-state index contributed by atoms with van der Waals surface area (Å²) in [7, 11) is 0. The largest absolute Gasteiger partial charge is 0.348 e. The van der Waals surface area contributed by atoms with Gasteiger partial charge in [-0.15, -0.1) is 0 Å². The van der Waals surface area contributed by atoms with E-state index in [0.29, 0.717) is 11.4 Å². The van der Waals surface area contributed by atoms with Crippen molar-refractivity contribution in [3.05, 3.63) is 70.5 Å². The predicted molar refractivity (Wildman–Crippen MR) is 108 cm³/mol. The van der Waals surface area contributed by atoms with Gasteiger partial charge in [-0.1, -0.05) is 55.3 Å². The van der Waals surface area contributed by atoms with Gasteiger partial charge in [-0.2, -0.15) is 0 Å². The van der Waals surface area contributed by atoms with E-state index in [9.17, 15) is 14.0 Å². The maximum atomic E-state index is 12.9. The van der Waals surface area contributed by atoms with Crippen LogP contribution in [0.15, 0.2) is 48.5 Å². The molecule has 0 unspecified atom stereocenters. The van der Waals surface area contributed by atoms with Crippen LogP contribution < -0.4 is 16.0 Å². The number of carbonyl (C=O) groups excluding carboxylic acids is 2. The maximum absolute atomic E-state index is 12.9. The Labute approximate surface area is 169 Å². The SMILES string of the molecule is CCC[C@@H](NC(=O)NCc1ccc(F)cc1)C(=O)N[C@H](C)c1ccccc1Cl. The Morgan fingerprint density at radius 1 is 1.07 bits per heavy atom. The van der Waals surface area contributed by atoms with Crippen molar-refractivity contribution in [2.45, 2.75) is 45.3 Å². The van der Waals surface area contributed by atoms with Crippen LogP contribution >= 0.6 is 11.6 Å². The minimum Gasteiger partial charge on any atom is -0.348 e. The molecule has 0 fully saturated rings. The molecule has 7 heteroatoms. The van der Waals surface area contributed by atoms with Gasteiger partial charge in [0, 0.05) is 11.6 Å². The summed E-state index contributed by atoms with van der Waals surface area (Å²) in [5.74, 6) is -0.605. The first-order valence-corrected chi connectivity index (χ1v) is 9.62. The van der Waals surface area contributed by atoms with Crippen LogP contribution in [0.5, 0.6) is 0 Å². The van der Waals surface area contributed by atoms with Crippen molar-refractivity contribution in [3.63, 3.8) is 0 Å². The summed E-state index contributed by atoms with van der Waals surface area (Å²) < 4.78 is 12.9. The highest BCUT2D eigenvalue weighted by Crippen LogP contribution is 2.22. The first-order chi connectivity index (χ1) is 13.4. The number of amides is 3. The lowest BCUT2D eigenvalue weighted by molar-refractivity contribution is -0.123. The van der Waals surface area contributed by atoms with Crippen molar-refractivity contribution >= 4 is 23.5 Å². The Bertz CT molecular complexity index is 798. The quantitative estimate of drug-likeness (QED) is 0.612. The normalized spacial score (nSPS) is 12.7. The Kier molecular flexibility index (Phi) is 8.26. The number of urea groups is 1. The van der Waals surface area contributed by atoms with Gasteiger partial charge in [0.1, 0.15) is 11.9 Å². The van der Waals surface area contributed by atoms with E-state index in [-0.39, 0.29) is 24.3 Å². The second-order valence-electron chi connectivity index (χ2n) is 6.55. The topological polar surface area (TPSA) is 70.2 Å². The van der Waals surface area contributed by atoms with Crippen LogP contribution in [-0.4, -0.2) is 18.0 Å². The minimum absolute atomic E-state index is 0.239. The van der Waals surface area contributed by atoms with E-state index in [1.165, 1.54) is 12.1 Å². The van der Waals surface area contributed by atoms with Crippen LogP contribution in [0.2, 0.25) is 5.02 Å². The van der Waals surface area contributed by atoms with Gasteiger partial charge >= 0.3 is 6.03 Å². The molecule has 0 spiro atoms. The molecule has 3 amide bonds. The lowest BCUT2D eigenvalue weighted by atomic mass is 10.1.